The van der Waals surface area contributed by atoms with Crippen molar-refractivity contribution in [2.45, 2.75) is 25.8 Å². The molecule has 0 fully saturated rings. The minimum Gasteiger partial charge on any atom is -0.427 e. The van der Waals surface area contributed by atoms with E-state index < -0.39 is 0 Å². The molecule has 0 heterocycles. The maximum absolute atomic E-state index is 10.7. The third-order valence-corrected chi connectivity index (χ3v) is 2.29. The molecule has 0 bridgehead atoms. The average molecular weight is 259 g/mol. The second-order valence-corrected chi connectivity index (χ2v) is 3.70. The summed E-state index contributed by atoms with van der Waals surface area (Å²) in [6.07, 6.45) is 1.77. The van der Waals surface area contributed by atoms with E-state index in [0.717, 1.165) is 18.4 Å². The van der Waals surface area contributed by atoms with Crippen LogP contribution in [0.3, 0.4) is 0 Å². The number of esters is 1. The van der Waals surface area contributed by atoms with Crippen LogP contribution in [0.4, 0.5) is 0 Å². The molecule has 0 aromatic heterocycles. The van der Waals surface area contributed by atoms with Crippen molar-refractivity contribution >= 4 is 18.4 Å². The van der Waals surface area contributed by atoms with E-state index in [1.165, 1.54) is 6.92 Å². The molecule has 1 rings (SSSR count). The number of nitrogens with two attached hydrogens (primary N) is 2. The molecule has 4 nitrogen and oxygen atoms in total. The lowest BCUT2D eigenvalue weighted by molar-refractivity contribution is -0.131. The highest BCUT2D eigenvalue weighted by atomic mass is 35.5. The van der Waals surface area contributed by atoms with Gasteiger partial charge in [0.05, 0.1) is 0 Å². The van der Waals surface area contributed by atoms with Crippen LogP contribution in [0.1, 0.15) is 31.4 Å². The Labute approximate surface area is 108 Å². The van der Waals surface area contributed by atoms with E-state index in [0.29, 0.717) is 12.3 Å². The summed E-state index contributed by atoms with van der Waals surface area (Å²) >= 11 is 0. The molecule has 0 radical (unpaired) electrons. The predicted octanol–water partition coefficient (Wildman–Crippen LogP) is 1.77. The van der Waals surface area contributed by atoms with Crippen LogP contribution in [-0.2, 0) is 4.79 Å². The zero-order valence-corrected chi connectivity index (χ0v) is 10.7. The Hall–Kier alpha value is -1.10. The smallest absolute Gasteiger partial charge is 0.308 e. The molecule has 5 heteroatoms. The second-order valence-electron chi connectivity index (χ2n) is 3.70. The fourth-order valence-corrected chi connectivity index (χ4v) is 1.45. The van der Waals surface area contributed by atoms with E-state index in [-0.39, 0.29) is 24.4 Å². The van der Waals surface area contributed by atoms with Crippen molar-refractivity contribution in [3.63, 3.8) is 0 Å². The van der Waals surface area contributed by atoms with Gasteiger partial charge in [-0.05, 0) is 37.1 Å². The molecule has 4 N–H and O–H groups in total. The van der Waals surface area contributed by atoms with E-state index in [1.807, 2.05) is 12.1 Å². The first-order chi connectivity index (χ1) is 7.63. The summed E-state index contributed by atoms with van der Waals surface area (Å²) in [5, 5.41) is 0. The number of hydrogen-bond acceptors (Lipinski definition) is 4. The van der Waals surface area contributed by atoms with Gasteiger partial charge in [-0.2, -0.15) is 0 Å². The van der Waals surface area contributed by atoms with Crippen LogP contribution in [0.5, 0.6) is 5.75 Å². The Balaban J connectivity index is 0.00000256. The maximum Gasteiger partial charge on any atom is 0.308 e. The number of carbonyl (C=O) groups is 1. The fourth-order valence-electron chi connectivity index (χ4n) is 1.45. The van der Waals surface area contributed by atoms with Crippen molar-refractivity contribution in [1.82, 2.24) is 0 Å². The van der Waals surface area contributed by atoms with Gasteiger partial charge in [0, 0.05) is 13.0 Å². The number of carbonyl (C=O) groups excluding carboxylic acids is 1. The first-order valence-corrected chi connectivity index (χ1v) is 5.37. The molecule has 0 saturated heterocycles. The minimum atomic E-state index is -0.319. The lowest BCUT2D eigenvalue weighted by atomic mass is 10.0. The summed E-state index contributed by atoms with van der Waals surface area (Å²) in [4.78, 5) is 10.7. The molecule has 0 saturated carbocycles. The van der Waals surface area contributed by atoms with Crippen molar-refractivity contribution in [2.75, 3.05) is 6.54 Å². The van der Waals surface area contributed by atoms with Crippen LogP contribution in [0.25, 0.3) is 0 Å². The SMILES string of the molecule is CC(=O)Oc1ccc([C@@H](N)CCCN)cc1.Cl. The van der Waals surface area contributed by atoms with E-state index >= 15 is 0 Å². The quantitative estimate of drug-likeness (QED) is 0.623. The summed E-state index contributed by atoms with van der Waals surface area (Å²) in [7, 11) is 0. The second kappa shape index (κ2) is 8.06. The van der Waals surface area contributed by atoms with Crippen LogP contribution >= 0.6 is 12.4 Å². The summed E-state index contributed by atoms with van der Waals surface area (Å²) in [5.74, 6) is 0.224. The molecule has 0 aliphatic carbocycles. The average Bonchev–Trinajstić information content (AvgIpc) is 2.26. The summed E-state index contributed by atoms with van der Waals surface area (Å²) in [5.41, 5.74) is 12.4. The number of ether oxygens (including phenoxy) is 1. The van der Waals surface area contributed by atoms with Gasteiger partial charge < -0.3 is 16.2 Å². The normalized spacial score (nSPS) is 11.5. The zero-order valence-electron chi connectivity index (χ0n) is 9.89. The molecular weight excluding hydrogens is 240 g/mol. The zero-order chi connectivity index (χ0) is 12.0. The number of halogens is 1. The first-order valence-electron chi connectivity index (χ1n) is 5.37. The number of rotatable bonds is 5. The van der Waals surface area contributed by atoms with Crippen molar-refractivity contribution in [1.29, 1.82) is 0 Å². The highest BCUT2D eigenvalue weighted by molar-refractivity contribution is 5.85. The number of hydrogen-bond donors (Lipinski definition) is 2. The summed E-state index contributed by atoms with van der Waals surface area (Å²) in [6.45, 7) is 2.03. The van der Waals surface area contributed by atoms with Crippen LogP contribution in [0.2, 0.25) is 0 Å². The Bertz CT molecular complexity index is 341. The van der Waals surface area contributed by atoms with Gasteiger partial charge in [0.1, 0.15) is 5.75 Å². The molecule has 0 amide bonds. The molecule has 0 spiro atoms. The first kappa shape index (κ1) is 15.9. The molecular formula is C12H19ClN2O2. The predicted molar refractivity (Wildman–Crippen MR) is 70.2 cm³/mol. The van der Waals surface area contributed by atoms with Crippen molar-refractivity contribution in [3.8, 4) is 5.75 Å². The van der Waals surface area contributed by atoms with E-state index in [9.17, 15) is 4.79 Å². The Morgan fingerprint density at radius 3 is 2.41 bits per heavy atom. The van der Waals surface area contributed by atoms with E-state index in [1.54, 1.807) is 12.1 Å². The molecule has 1 atom stereocenters. The Morgan fingerprint density at radius 1 is 1.35 bits per heavy atom. The van der Waals surface area contributed by atoms with Crippen LogP contribution in [0, 0.1) is 0 Å². The van der Waals surface area contributed by atoms with E-state index in [4.69, 9.17) is 16.2 Å². The lowest BCUT2D eigenvalue weighted by Crippen LogP contribution is -2.12. The van der Waals surface area contributed by atoms with Gasteiger partial charge in [-0.15, -0.1) is 12.4 Å². The Kier molecular flexibility index (Phi) is 7.54. The largest absolute Gasteiger partial charge is 0.427 e. The molecule has 0 unspecified atom stereocenters. The Morgan fingerprint density at radius 2 is 1.94 bits per heavy atom. The molecule has 1 aromatic carbocycles. The van der Waals surface area contributed by atoms with Crippen molar-refractivity contribution in [3.05, 3.63) is 29.8 Å². The van der Waals surface area contributed by atoms with Crippen molar-refractivity contribution < 1.29 is 9.53 Å². The monoisotopic (exact) mass is 258 g/mol. The van der Waals surface area contributed by atoms with Gasteiger partial charge in [-0.25, -0.2) is 0 Å². The third kappa shape index (κ3) is 5.68. The minimum absolute atomic E-state index is 0. The molecule has 17 heavy (non-hydrogen) atoms. The maximum atomic E-state index is 10.7. The molecule has 0 aliphatic rings. The summed E-state index contributed by atoms with van der Waals surface area (Å²) in [6, 6.07) is 7.24. The van der Waals surface area contributed by atoms with Gasteiger partial charge in [-0.3, -0.25) is 4.79 Å². The van der Waals surface area contributed by atoms with Crippen molar-refractivity contribution in [2.24, 2.45) is 11.5 Å². The molecule has 96 valence electrons. The highest BCUT2D eigenvalue weighted by Gasteiger charge is 2.05. The summed E-state index contributed by atoms with van der Waals surface area (Å²) < 4.78 is 4.93. The van der Waals surface area contributed by atoms with Crippen LogP contribution in [0.15, 0.2) is 24.3 Å². The standard InChI is InChI=1S/C12H18N2O2.ClH/c1-9(15)16-11-6-4-10(5-7-11)12(14)3-2-8-13;/h4-7,12H,2-3,8,13-14H2,1H3;1H/t12-;/m0./s1. The lowest BCUT2D eigenvalue weighted by Gasteiger charge is -2.11. The fraction of sp³-hybridized carbons (Fsp3) is 0.417. The molecule has 1 aromatic rings. The third-order valence-electron chi connectivity index (χ3n) is 2.29. The van der Waals surface area contributed by atoms with E-state index in [2.05, 4.69) is 0 Å². The van der Waals surface area contributed by atoms with Gasteiger partial charge in [0.25, 0.3) is 0 Å². The molecule has 0 aliphatic heterocycles. The van der Waals surface area contributed by atoms with Crippen LogP contribution in [-0.4, -0.2) is 12.5 Å². The van der Waals surface area contributed by atoms with Gasteiger partial charge in [-0.1, -0.05) is 12.1 Å². The topological polar surface area (TPSA) is 78.3 Å². The van der Waals surface area contributed by atoms with Gasteiger partial charge in [0.15, 0.2) is 0 Å². The van der Waals surface area contributed by atoms with Gasteiger partial charge >= 0.3 is 5.97 Å². The van der Waals surface area contributed by atoms with Gasteiger partial charge in [0.2, 0.25) is 0 Å². The highest BCUT2D eigenvalue weighted by Crippen LogP contribution is 2.19. The number of benzene rings is 1. The van der Waals surface area contributed by atoms with Crippen LogP contribution < -0.4 is 16.2 Å².